The Bertz CT molecular complexity index is 913. The highest BCUT2D eigenvalue weighted by molar-refractivity contribution is 8.18. The number of imide groups is 1. The van der Waals surface area contributed by atoms with Crippen molar-refractivity contribution in [3.63, 3.8) is 0 Å². The van der Waals surface area contributed by atoms with Crippen LogP contribution in [0.5, 0.6) is 17.2 Å². The number of carbonyl (C=O) groups excluding carboxylic acids is 2. The van der Waals surface area contributed by atoms with Gasteiger partial charge in [-0.3, -0.25) is 14.5 Å². The monoisotopic (exact) mass is 419 g/mol. The van der Waals surface area contributed by atoms with Crippen LogP contribution in [-0.2, 0) is 4.79 Å². The zero-order chi connectivity index (χ0) is 20.1. The average molecular weight is 420 g/mol. The first-order chi connectivity index (χ1) is 13.5. The molecule has 0 atom stereocenters. The van der Waals surface area contributed by atoms with Crippen LogP contribution in [0.2, 0.25) is 5.02 Å². The molecule has 2 aromatic rings. The number of hydrogen-bond acceptors (Lipinski definition) is 6. The number of halogens is 1. The summed E-state index contributed by atoms with van der Waals surface area (Å²) in [6.45, 7) is 0.343. The van der Waals surface area contributed by atoms with Crippen molar-refractivity contribution in [2.24, 2.45) is 0 Å². The van der Waals surface area contributed by atoms with Crippen molar-refractivity contribution in [3.8, 4) is 17.2 Å². The molecular formula is C20H18ClNO5S. The maximum absolute atomic E-state index is 12.6. The molecule has 6 nitrogen and oxygen atoms in total. The van der Waals surface area contributed by atoms with Crippen molar-refractivity contribution < 1.29 is 23.8 Å². The minimum Gasteiger partial charge on any atom is -0.497 e. The van der Waals surface area contributed by atoms with Gasteiger partial charge in [-0.2, -0.15) is 0 Å². The van der Waals surface area contributed by atoms with Crippen molar-refractivity contribution in [1.29, 1.82) is 0 Å². The molecule has 0 spiro atoms. The molecule has 1 fully saturated rings. The van der Waals surface area contributed by atoms with Gasteiger partial charge >= 0.3 is 0 Å². The van der Waals surface area contributed by atoms with E-state index >= 15 is 0 Å². The third kappa shape index (κ3) is 4.61. The number of hydrogen-bond donors (Lipinski definition) is 0. The van der Waals surface area contributed by atoms with Gasteiger partial charge < -0.3 is 14.2 Å². The topological polar surface area (TPSA) is 65.1 Å². The van der Waals surface area contributed by atoms with Crippen LogP contribution >= 0.6 is 23.4 Å². The Morgan fingerprint density at radius 3 is 2.43 bits per heavy atom. The molecule has 2 aromatic carbocycles. The van der Waals surface area contributed by atoms with Gasteiger partial charge in [0.15, 0.2) is 0 Å². The van der Waals surface area contributed by atoms with Crippen molar-refractivity contribution in [2.45, 2.75) is 0 Å². The Morgan fingerprint density at radius 2 is 1.75 bits per heavy atom. The molecule has 3 rings (SSSR count). The highest BCUT2D eigenvalue weighted by atomic mass is 35.5. The van der Waals surface area contributed by atoms with E-state index in [-0.39, 0.29) is 24.3 Å². The second-order valence-electron chi connectivity index (χ2n) is 5.74. The zero-order valence-corrected chi connectivity index (χ0v) is 16.9. The van der Waals surface area contributed by atoms with Gasteiger partial charge in [0.1, 0.15) is 23.9 Å². The summed E-state index contributed by atoms with van der Waals surface area (Å²) in [6, 6.07) is 12.1. The summed E-state index contributed by atoms with van der Waals surface area (Å²) in [6.07, 6.45) is 1.63. The first kappa shape index (κ1) is 20.1. The summed E-state index contributed by atoms with van der Waals surface area (Å²) < 4.78 is 16.1. The first-order valence-corrected chi connectivity index (χ1v) is 9.57. The Hall–Kier alpha value is -2.64. The van der Waals surface area contributed by atoms with Crippen LogP contribution in [0.15, 0.2) is 47.4 Å². The van der Waals surface area contributed by atoms with Crippen LogP contribution < -0.4 is 14.2 Å². The summed E-state index contributed by atoms with van der Waals surface area (Å²) in [5.74, 6) is 1.47. The molecule has 0 unspecified atom stereocenters. The number of amides is 2. The highest BCUT2D eigenvalue weighted by Gasteiger charge is 2.35. The molecule has 1 aliphatic rings. The minimum atomic E-state index is -0.362. The summed E-state index contributed by atoms with van der Waals surface area (Å²) in [5, 5.41) is 0.272. The molecule has 0 aliphatic carbocycles. The molecule has 0 radical (unpaired) electrons. The highest BCUT2D eigenvalue weighted by Crippen LogP contribution is 2.35. The quantitative estimate of drug-likeness (QED) is 0.617. The Labute approximate surface area is 172 Å². The van der Waals surface area contributed by atoms with E-state index in [0.717, 1.165) is 11.8 Å². The average Bonchev–Trinajstić information content (AvgIpc) is 2.96. The normalized spacial score (nSPS) is 15.2. The van der Waals surface area contributed by atoms with Crippen LogP contribution in [0, 0.1) is 0 Å². The fourth-order valence-corrected chi connectivity index (χ4v) is 3.55. The lowest BCUT2D eigenvalue weighted by Gasteiger charge is -2.13. The minimum absolute atomic E-state index is 0.153. The standard InChI is InChI=1S/C20H18ClNO5S/c1-25-16-7-8-17(26-2)13(11-16)12-18-19(23)22(20(24)28-18)9-10-27-15-5-3-14(21)4-6-15/h3-8,11-12H,9-10H2,1-2H3/b18-12-. The molecule has 1 heterocycles. The third-order valence-corrected chi connectivity index (χ3v) is 5.15. The van der Waals surface area contributed by atoms with E-state index < -0.39 is 0 Å². The van der Waals surface area contributed by atoms with E-state index in [4.69, 9.17) is 25.8 Å². The largest absolute Gasteiger partial charge is 0.497 e. The molecule has 0 saturated carbocycles. The fourth-order valence-electron chi connectivity index (χ4n) is 2.57. The van der Waals surface area contributed by atoms with Crippen LogP contribution in [0.4, 0.5) is 4.79 Å². The second-order valence-corrected chi connectivity index (χ2v) is 7.17. The lowest BCUT2D eigenvalue weighted by Crippen LogP contribution is -2.32. The SMILES string of the molecule is COc1ccc(OC)c(/C=C2\SC(=O)N(CCOc3ccc(Cl)cc3)C2=O)c1. The predicted molar refractivity (Wildman–Crippen MR) is 109 cm³/mol. The first-order valence-electron chi connectivity index (χ1n) is 8.37. The lowest BCUT2D eigenvalue weighted by atomic mass is 10.1. The number of carbonyl (C=O) groups is 2. The summed E-state index contributed by atoms with van der Waals surface area (Å²) in [4.78, 5) is 26.4. The molecule has 0 bridgehead atoms. The van der Waals surface area contributed by atoms with Gasteiger partial charge in [-0.1, -0.05) is 11.6 Å². The molecule has 146 valence electrons. The Kier molecular flexibility index (Phi) is 6.49. The van der Waals surface area contributed by atoms with Crippen LogP contribution in [0.1, 0.15) is 5.56 Å². The molecular weight excluding hydrogens is 402 g/mol. The van der Waals surface area contributed by atoms with Gasteiger partial charge in [0.2, 0.25) is 0 Å². The number of ether oxygens (including phenoxy) is 3. The number of methoxy groups -OCH3 is 2. The van der Waals surface area contributed by atoms with E-state index in [9.17, 15) is 9.59 Å². The number of nitrogens with zero attached hydrogens (tertiary/aromatic N) is 1. The molecule has 2 amide bonds. The van der Waals surface area contributed by atoms with Gasteiger partial charge in [-0.25, -0.2) is 0 Å². The Balaban J connectivity index is 1.69. The van der Waals surface area contributed by atoms with E-state index in [1.807, 2.05) is 0 Å². The van der Waals surface area contributed by atoms with Gasteiger partial charge in [0.05, 0.1) is 25.7 Å². The number of thioether (sulfide) groups is 1. The van der Waals surface area contributed by atoms with Crippen LogP contribution in [-0.4, -0.2) is 43.4 Å². The maximum Gasteiger partial charge on any atom is 0.293 e. The van der Waals surface area contributed by atoms with Crippen molar-refractivity contribution in [2.75, 3.05) is 27.4 Å². The second kappa shape index (κ2) is 9.03. The summed E-state index contributed by atoms with van der Waals surface area (Å²) >= 11 is 6.72. The summed E-state index contributed by atoms with van der Waals surface area (Å²) in [5.41, 5.74) is 0.657. The van der Waals surface area contributed by atoms with Gasteiger partial charge in [0, 0.05) is 10.6 Å². The van der Waals surface area contributed by atoms with Crippen LogP contribution in [0.3, 0.4) is 0 Å². The van der Waals surface area contributed by atoms with Crippen molar-refractivity contribution in [1.82, 2.24) is 4.90 Å². The van der Waals surface area contributed by atoms with Gasteiger partial charge in [0.25, 0.3) is 11.1 Å². The van der Waals surface area contributed by atoms with Gasteiger partial charge in [-0.15, -0.1) is 0 Å². The fraction of sp³-hybridized carbons (Fsp3) is 0.200. The molecule has 8 heteroatoms. The number of benzene rings is 2. The molecule has 1 saturated heterocycles. The van der Waals surface area contributed by atoms with E-state index in [1.165, 1.54) is 4.90 Å². The molecule has 28 heavy (non-hydrogen) atoms. The van der Waals surface area contributed by atoms with E-state index in [0.29, 0.717) is 32.7 Å². The van der Waals surface area contributed by atoms with Crippen LogP contribution in [0.25, 0.3) is 6.08 Å². The predicted octanol–water partition coefficient (Wildman–Crippen LogP) is 4.47. The summed E-state index contributed by atoms with van der Waals surface area (Å²) in [7, 11) is 3.10. The third-order valence-electron chi connectivity index (χ3n) is 3.99. The molecule has 0 aromatic heterocycles. The number of rotatable bonds is 7. The molecule has 0 N–H and O–H groups in total. The smallest absolute Gasteiger partial charge is 0.293 e. The lowest BCUT2D eigenvalue weighted by molar-refractivity contribution is -0.123. The van der Waals surface area contributed by atoms with Crippen molar-refractivity contribution >= 4 is 40.6 Å². The van der Waals surface area contributed by atoms with E-state index in [2.05, 4.69) is 0 Å². The Morgan fingerprint density at radius 1 is 1.04 bits per heavy atom. The van der Waals surface area contributed by atoms with E-state index in [1.54, 1.807) is 62.8 Å². The van der Waals surface area contributed by atoms with Crippen molar-refractivity contribution in [3.05, 3.63) is 58.0 Å². The zero-order valence-electron chi connectivity index (χ0n) is 15.3. The molecule has 1 aliphatic heterocycles. The van der Waals surface area contributed by atoms with Gasteiger partial charge in [-0.05, 0) is 60.3 Å². The maximum atomic E-state index is 12.6.